The number of aliphatic hydroxyl groups is 1. The van der Waals surface area contributed by atoms with Gasteiger partial charge in [0, 0.05) is 10.5 Å². The molecule has 0 spiro atoms. The maximum atomic E-state index is 10.9. The fraction of sp³-hybridized carbons (Fsp3) is 0.400. The number of methoxy groups -OCH3 is 1. The summed E-state index contributed by atoms with van der Waals surface area (Å²) in [7, 11) is 1.57. The van der Waals surface area contributed by atoms with E-state index in [1.54, 1.807) is 31.4 Å². The summed E-state index contributed by atoms with van der Waals surface area (Å²) in [5.41, 5.74) is 9.80. The van der Waals surface area contributed by atoms with E-state index in [4.69, 9.17) is 29.2 Å². The topological polar surface area (TPSA) is 115 Å². The van der Waals surface area contributed by atoms with E-state index in [1.807, 2.05) is 30.3 Å². The predicted molar refractivity (Wildman–Crippen MR) is 101 cm³/mol. The molecule has 2 aromatic carbocycles. The molecule has 6 atom stereocenters. The van der Waals surface area contributed by atoms with Crippen LogP contribution >= 0.6 is 0 Å². The third kappa shape index (κ3) is 4.14. The molecule has 29 heavy (non-hydrogen) atoms. The second-order valence-corrected chi connectivity index (χ2v) is 6.70. The molecule has 4 rings (SSSR count). The number of benzene rings is 2. The van der Waals surface area contributed by atoms with Gasteiger partial charge in [-0.05, 0) is 29.8 Å². The van der Waals surface area contributed by atoms with Crippen LogP contribution in [0.4, 0.5) is 0 Å². The molecule has 0 aromatic heterocycles. The lowest BCUT2D eigenvalue weighted by Crippen LogP contribution is -2.62. The summed E-state index contributed by atoms with van der Waals surface area (Å²) >= 11 is 0. The first-order valence-corrected chi connectivity index (χ1v) is 9.20. The van der Waals surface area contributed by atoms with E-state index in [0.717, 1.165) is 5.56 Å². The Morgan fingerprint density at radius 1 is 1.07 bits per heavy atom. The molecule has 0 radical (unpaired) electrons. The minimum atomic E-state index is -1.12. The molecule has 0 unspecified atom stereocenters. The summed E-state index contributed by atoms with van der Waals surface area (Å²) < 4.78 is 28.6. The zero-order valence-electron chi connectivity index (χ0n) is 15.7. The minimum Gasteiger partial charge on any atom is -0.497 e. The Bertz CT molecular complexity index is 858. The molecule has 2 aliphatic rings. The third-order valence-corrected chi connectivity index (χ3v) is 4.90. The van der Waals surface area contributed by atoms with Crippen molar-refractivity contribution in [2.24, 2.45) is 5.11 Å². The van der Waals surface area contributed by atoms with E-state index in [9.17, 15) is 5.11 Å². The van der Waals surface area contributed by atoms with Crippen LogP contribution in [-0.4, -0.2) is 49.5 Å². The number of rotatable bonds is 5. The normalized spacial score (nSPS) is 31.2. The van der Waals surface area contributed by atoms with Gasteiger partial charge in [-0.2, -0.15) is 0 Å². The van der Waals surface area contributed by atoms with Crippen LogP contribution in [0.25, 0.3) is 10.4 Å². The zero-order valence-corrected chi connectivity index (χ0v) is 15.7. The van der Waals surface area contributed by atoms with Crippen molar-refractivity contribution in [2.45, 2.75) is 36.9 Å². The Labute approximate surface area is 167 Å². The van der Waals surface area contributed by atoms with Gasteiger partial charge >= 0.3 is 0 Å². The molecular formula is C20H21N3O6. The van der Waals surface area contributed by atoms with Gasteiger partial charge in [-0.3, -0.25) is 0 Å². The summed E-state index contributed by atoms with van der Waals surface area (Å²) in [5.74, 6) is 1.16. The highest BCUT2D eigenvalue weighted by Gasteiger charge is 2.50. The Kier molecular flexibility index (Phi) is 5.84. The highest BCUT2D eigenvalue weighted by molar-refractivity contribution is 5.31. The van der Waals surface area contributed by atoms with Crippen molar-refractivity contribution in [3.8, 4) is 11.5 Å². The van der Waals surface area contributed by atoms with Crippen LogP contribution in [0.2, 0.25) is 0 Å². The summed E-state index contributed by atoms with van der Waals surface area (Å²) in [6.45, 7) is 0.201. The van der Waals surface area contributed by atoms with Gasteiger partial charge in [0.05, 0.1) is 19.8 Å². The van der Waals surface area contributed by atoms with Gasteiger partial charge in [0.2, 0.25) is 6.29 Å². The van der Waals surface area contributed by atoms with Crippen LogP contribution in [0.15, 0.2) is 59.7 Å². The van der Waals surface area contributed by atoms with Crippen molar-refractivity contribution in [3.05, 3.63) is 70.6 Å². The lowest BCUT2D eigenvalue weighted by Gasteiger charge is -2.46. The van der Waals surface area contributed by atoms with Gasteiger partial charge in [0.25, 0.3) is 0 Å². The molecular weight excluding hydrogens is 378 g/mol. The van der Waals surface area contributed by atoms with Gasteiger partial charge in [0.15, 0.2) is 6.29 Å². The number of hydrogen-bond donors (Lipinski definition) is 1. The van der Waals surface area contributed by atoms with Crippen molar-refractivity contribution >= 4 is 0 Å². The summed E-state index contributed by atoms with van der Waals surface area (Å²) in [6.07, 6.45) is -4.04. The maximum Gasteiger partial charge on any atom is 0.211 e. The fourth-order valence-electron chi connectivity index (χ4n) is 3.43. The molecule has 0 amide bonds. The largest absolute Gasteiger partial charge is 0.497 e. The van der Waals surface area contributed by atoms with Crippen LogP contribution in [0.3, 0.4) is 0 Å². The highest BCUT2D eigenvalue weighted by Crippen LogP contribution is 2.35. The Hall–Kier alpha value is -2.81. The van der Waals surface area contributed by atoms with E-state index in [-0.39, 0.29) is 6.61 Å². The first-order valence-electron chi connectivity index (χ1n) is 9.20. The first-order chi connectivity index (χ1) is 14.2. The number of ether oxygens (including phenoxy) is 5. The van der Waals surface area contributed by atoms with Crippen LogP contribution < -0.4 is 9.47 Å². The SMILES string of the molecule is COc1ccc(O[C@@H]2O[C@@H]3CO[C@H](c4ccccc4)O[C@H]3[C@H](O)[C@H]2N=[N+]=[N-])cc1. The molecule has 9 nitrogen and oxygen atoms in total. The van der Waals surface area contributed by atoms with Crippen LogP contribution in [0.1, 0.15) is 11.9 Å². The standard InChI is InChI=1S/C20H21N3O6/c1-25-13-7-9-14(10-8-13)27-20-16(22-23-21)17(24)18-15(28-20)11-26-19(29-18)12-5-3-2-4-6-12/h2-10,15-20,24H,11H2,1H3/t15-,16-,17-,18-,19+,20-/m1/s1. The van der Waals surface area contributed by atoms with Crippen molar-refractivity contribution in [2.75, 3.05) is 13.7 Å². The molecule has 2 aliphatic heterocycles. The fourth-order valence-corrected chi connectivity index (χ4v) is 3.43. The van der Waals surface area contributed by atoms with Gasteiger partial charge in [0.1, 0.15) is 29.7 Å². The number of nitrogens with zero attached hydrogens (tertiary/aromatic N) is 3. The van der Waals surface area contributed by atoms with E-state index in [1.165, 1.54) is 0 Å². The molecule has 0 aliphatic carbocycles. The first kappa shape index (κ1) is 19.5. The molecule has 2 heterocycles. The Morgan fingerprint density at radius 2 is 1.79 bits per heavy atom. The van der Waals surface area contributed by atoms with Crippen molar-refractivity contribution in [1.29, 1.82) is 0 Å². The number of fused-ring (bicyclic) bond motifs is 1. The second-order valence-electron chi connectivity index (χ2n) is 6.70. The van der Waals surface area contributed by atoms with Gasteiger partial charge < -0.3 is 28.8 Å². The lowest BCUT2D eigenvalue weighted by molar-refractivity contribution is -0.331. The van der Waals surface area contributed by atoms with Crippen molar-refractivity contribution in [1.82, 2.24) is 0 Å². The summed E-state index contributed by atoms with van der Waals surface area (Å²) in [4.78, 5) is 2.84. The Balaban J connectivity index is 1.51. The highest BCUT2D eigenvalue weighted by atomic mass is 16.7. The van der Waals surface area contributed by atoms with E-state index in [0.29, 0.717) is 11.5 Å². The number of azide groups is 1. The molecule has 152 valence electrons. The molecule has 2 fully saturated rings. The molecule has 2 saturated heterocycles. The number of hydrogen-bond acceptors (Lipinski definition) is 7. The number of aliphatic hydroxyl groups excluding tert-OH is 1. The van der Waals surface area contributed by atoms with Gasteiger partial charge in [-0.1, -0.05) is 35.4 Å². The molecule has 0 bridgehead atoms. The lowest BCUT2D eigenvalue weighted by atomic mass is 9.96. The maximum absolute atomic E-state index is 10.9. The molecule has 2 aromatic rings. The second kappa shape index (κ2) is 8.69. The van der Waals surface area contributed by atoms with E-state index < -0.39 is 36.9 Å². The molecule has 0 saturated carbocycles. The van der Waals surface area contributed by atoms with Crippen molar-refractivity contribution in [3.63, 3.8) is 0 Å². The van der Waals surface area contributed by atoms with E-state index >= 15 is 0 Å². The van der Waals surface area contributed by atoms with Crippen LogP contribution in [-0.2, 0) is 14.2 Å². The third-order valence-electron chi connectivity index (χ3n) is 4.90. The summed E-state index contributed by atoms with van der Waals surface area (Å²) in [6, 6.07) is 15.3. The van der Waals surface area contributed by atoms with Crippen molar-refractivity contribution < 1.29 is 28.8 Å². The van der Waals surface area contributed by atoms with Crippen LogP contribution in [0, 0.1) is 0 Å². The average Bonchev–Trinajstić information content (AvgIpc) is 2.77. The van der Waals surface area contributed by atoms with Gasteiger partial charge in [-0.15, -0.1) is 0 Å². The van der Waals surface area contributed by atoms with Crippen LogP contribution in [0.5, 0.6) is 11.5 Å². The minimum absolute atomic E-state index is 0.201. The smallest absolute Gasteiger partial charge is 0.211 e. The summed E-state index contributed by atoms with van der Waals surface area (Å²) in [5, 5.41) is 14.6. The van der Waals surface area contributed by atoms with Gasteiger partial charge in [-0.25, -0.2) is 0 Å². The molecule has 1 N–H and O–H groups in total. The average molecular weight is 399 g/mol. The predicted octanol–water partition coefficient (Wildman–Crippen LogP) is 2.95. The Morgan fingerprint density at radius 3 is 2.48 bits per heavy atom. The monoisotopic (exact) mass is 399 g/mol. The zero-order chi connectivity index (χ0) is 20.2. The molecule has 9 heteroatoms. The quantitative estimate of drug-likeness (QED) is 0.470. The van der Waals surface area contributed by atoms with E-state index in [2.05, 4.69) is 10.0 Å².